The van der Waals surface area contributed by atoms with Crippen molar-refractivity contribution < 1.29 is 9.84 Å². The van der Waals surface area contributed by atoms with E-state index < -0.39 is 0 Å². The number of hydrogen-bond donors (Lipinski definition) is 1. The first-order valence-corrected chi connectivity index (χ1v) is 4.64. The topological polar surface area (TPSA) is 29.5 Å². The van der Waals surface area contributed by atoms with Crippen molar-refractivity contribution in [2.24, 2.45) is 0 Å². The number of rotatable bonds is 3. The molecule has 0 aliphatic rings. The fraction of sp³-hybridized carbons (Fsp3) is 0.333. The molecule has 0 heterocycles. The molecule has 0 fully saturated rings. The van der Waals surface area contributed by atoms with E-state index >= 15 is 0 Å². The molecule has 0 spiro atoms. The Labute approximate surface area is 80.3 Å². The molecule has 0 amide bonds. The minimum absolute atomic E-state index is 0.235. The molecule has 3 heteroatoms. The SMILES string of the molecule is CCCOc1ccc(O)c(Br)c1. The highest BCUT2D eigenvalue weighted by molar-refractivity contribution is 9.10. The summed E-state index contributed by atoms with van der Waals surface area (Å²) in [4.78, 5) is 0. The quantitative estimate of drug-likeness (QED) is 0.866. The van der Waals surface area contributed by atoms with E-state index in [2.05, 4.69) is 22.9 Å². The Morgan fingerprint density at radius 1 is 1.50 bits per heavy atom. The van der Waals surface area contributed by atoms with E-state index in [9.17, 15) is 0 Å². The third-order valence-electron chi connectivity index (χ3n) is 1.39. The van der Waals surface area contributed by atoms with Gasteiger partial charge < -0.3 is 9.84 Å². The first kappa shape index (κ1) is 9.39. The van der Waals surface area contributed by atoms with E-state index in [4.69, 9.17) is 9.84 Å². The van der Waals surface area contributed by atoms with Crippen molar-refractivity contribution in [3.05, 3.63) is 22.7 Å². The van der Waals surface area contributed by atoms with E-state index in [1.165, 1.54) is 0 Å². The van der Waals surface area contributed by atoms with Gasteiger partial charge in [-0.3, -0.25) is 0 Å². The molecule has 1 N–H and O–H groups in total. The van der Waals surface area contributed by atoms with Crippen LogP contribution in [-0.4, -0.2) is 11.7 Å². The summed E-state index contributed by atoms with van der Waals surface area (Å²) in [5.74, 6) is 1.01. The molecule has 0 saturated heterocycles. The lowest BCUT2D eigenvalue weighted by atomic mass is 10.3. The van der Waals surface area contributed by atoms with Gasteiger partial charge in [0.1, 0.15) is 11.5 Å². The average Bonchev–Trinajstić information content (AvgIpc) is 2.07. The number of phenolic OH excluding ortho intramolecular Hbond substituents is 1. The summed E-state index contributed by atoms with van der Waals surface area (Å²) >= 11 is 3.21. The predicted octanol–water partition coefficient (Wildman–Crippen LogP) is 2.94. The first-order valence-electron chi connectivity index (χ1n) is 3.85. The lowest BCUT2D eigenvalue weighted by Gasteiger charge is -2.04. The predicted molar refractivity (Wildman–Crippen MR) is 51.6 cm³/mol. The second-order valence-corrected chi connectivity index (χ2v) is 3.32. The molecule has 0 radical (unpaired) electrons. The van der Waals surface area contributed by atoms with E-state index in [0.717, 1.165) is 12.2 Å². The van der Waals surface area contributed by atoms with Crippen molar-refractivity contribution in [2.45, 2.75) is 13.3 Å². The minimum Gasteiger partial charge on any atom is -0.507 e. The van der Waals surface area contributed by atoms with E-state index in [1.807, 2.05) is 0 Å². The molecular formula is C9H11BrO2. The van der Waals surface area contributed by atoms with Gasteiger partial charge in [0.15, 0.2) is 0 Å². The van der Waals surface area contributed by atoms with Crippen LogP contribution in [0.2, 0.25) is 0 Å². The zero-order valence-corrected chi connectivity index (χ0v) is 8.47. The molecule has 0 aliphatic carbocycles. The number of phenols is 1. The minimum atomic E-state index is 0.235. The van der Waals surface area contributed by atoms with Crippen LogP contribution in [0.5, 0.6) is 11.5 Å². The number of ether oxygens (including phenoxy) is 1. The van der Waals surface area contributed by atoms with Crippen molar-refractivity contribution in [1.29, 1.82) is 0 Å². The summed E-state index contributed by atoms with van der Waals surface area (Å²) in [6, 6.07) is 5.11. The monoisotopic (exact) mass is 230 g/mol. The van der Waals surface area contributed by atoms with E-state index in [0.29, 0.717) is 11.1 Å². The lowest BCUT2D eigenvalue weighted by molar-refractivity contribution is 0.316. The van der Waals surface area contributed by atoms with Crippen molar-refractivity contribution in [3.8, 4) is 11.5 Å². The molecule has 0 bridgehead atoms. The van der Waals surface area contributed by atoms with Crippen LogP contribution in [0.4, 0.5) is 0 Å². The van der Waals surface area contributed by atoms with Crippen LogP contribution < -0.4 is 4.74 Å². The second-order valence-electron chi connectivity index (χ2n) is 2.46. The van der Waals surface area contributed by atoms with E-state index in [1.54, 1.807) is 18.2 Å². The van der Waals surface area contributed by atoms with Crippen molar-refractivity contribution in [3.63, 3.8) is 0 Å². The van der Waals surface area contributed by atoms with Crippen molar-refractivity contribution in [1.82, 2.24) is 0 Å². The summed E-state index contributed by atoms with van der Waals surface area (Å²) in [7, 11) is 0. The van der Waals surface area contributed by atoms with Crippen LogP contribution >= 0.6 is 15.9 Å². The second kappa shape index (κ2) is 4.36. The Kier molecular flexibility index (Phi) is 3.41. The van der Waals surface area contributed by atoms with Crippen molar-refractivity contribution >= 4 is 15.9 Å². The molecule has 1 rings (SSSR count). The molecule has 1 aromatic rings. The standard InChI is InChI=1S/C9H11BrO2/c1-2-5-12-7-3-4-9(11)8(10)6-7/h3-4,6,11H,2,5H2,1H3. The van der Waals surface area contributed by atoms with Crippen LogP contribution in [-0.2, 0) is 0 Å². The molecule has 2 nitrogen and oxygen atoms in total. The summed E-state index contributed by atoms with van der Waals surface area (Å²) in [6.45, 7) is 2.76. The summed E-state index contributed by atoms with van der Waals surface area (Å²) in [6.07, 6.45) is 0.985. The largest absolute Gasteiger partial charge is 0.507 e. The maximum Gasteiger partial charge on any atom is 0.130 e. The van der Waals surface area contributed by atoms with Gasteiger partial charge in [0, 0.05) is 0 Å². The number of benzene rings is 1. The molecule has 66 valence electrons. The van der Waals surface area contributed by atoms with Crippen molar-refractivity contribution in [2.75, 3.05) is 6.61 Å². The first-order chi connectivity index (χ1) is 5.74. The maximum atomic E-state index is 9.17. The molecule has 0 atom stereocenters. The van der Waals surface area contributed by atoms with Crippen LogP contribution in [0.3, 0.4) is 0 Å². The van der Waals surface area contributed by atoms with Crippen LogP contribution in [0.15, 0.2) is 22.7 Å². The third kappa shape index (κ3) is 2.41. The maximum absolute atomic E-state index is 9.17. The highest BCUT2D eigenvalue weighted by Gasteiger charge is 1.98. The normalized spacial score (nSPS) is 9.83. The van der Waals surface area contributed by atoms with Crippen LogP contribution in [0.1, 0.15) is 13.3 Å². The third-order valence-corrected chi connectivity index (χ3v) is 2.03. The number of hydrogen-bond acceptors (Lipinski definition) is 2. The molecule has 0 unspecified atom stereocenters. The van der Waals surface area contributed by atoms with Gasteiger partial charge in [-0.1, -0.05) is 6.92 Å². The smallest absolute Gasteiger partial charge is 0.130 e. The Hall–Kier alpha value is -0.700. The van der Waals surface area contributed by atoms with Crippen LogP contribution in [0, 0.1) is 0 Å². The Morgan fingerprint density at radius 3 is 2.83 bits per heavy atom. The van der Waals surface area contributed by atoms with Gasteiger partial charge >= 0.3 is 0 Å². The fourth-order valence-corrected chi connectivity index (χ4v) is 1.16. The highest BCUT2D eigenvalue weighted by atomic mass is 79.9. The van der Waals surface area contributed by atoms with Gasteiger partial charge in [0.25, 0.3) is 0 Å². The summed E-state index contributed by atoms with van der Waals surface area (Å²) < 4.78 is 6.01. The lowest BCUT2D eigenvalue weighted by Crippen LogP contribution is -1.94. The molecule has 0 saturated carbocycles. The van der Waals surface area contributed by atoms with Gasteiger partial charge in [0.2, 0.25) is 0 Å². The molecule has 0 aliphatic heterocycles. The Morgan fingerprint density at radius 2 is 2.25 bits per heavy atom. The molecular weight excluding hydrogens is 220 g/mol. The van der Waals surface area contributed by atoms with Gasteiger partial charge in [-0.15, -0.1) is 0 Å². The molecule has 0 aromatic heterocycles. The Balaban J connectivity index is 2.69. The van der Waals surface area contributed by atoms with Gasteiger partial charge in [-0.2, -0.15) is 0 Å². The fourth-order valence-electron chi connectivity index (χ4n) is 0.797. The molecule has 12 heavy (non-hydrogen) atoms. The number of aromatic hydroxyl groups is 1. The summed E-state index contributed by atoms with van der Waals surface area (Å²) in [5.41, 5.74) is 0. The van der Waals surface area contributed by atoms with Gasteiger partial charge in [0.05, 0.1) is 11.1 Å². The van der Waals surface area contributed by atoms with E-state index in [-0.39, 0.29) is 5.75 Å². The van der Waals surface area contributed by atoms with Gasteiger partial charge in [-0.05, 0) is 40.5 Å². The number of halogens is 1. The van der Waals surface area contributed by atoms with Crippen LogP contribution in [0.25, 0.3) is 0 Å². The zero-order chi connectivity index (χ0) is 8.97. The Bertz CT molecular complexity index is 261. The average molecular weight is 231 g/mol. The van der Waals surface area contributed by atoms with Gasteiger partial charge in [-0.25, -0.2) is 0 Å². The highest BCUT2D eigenvalue weighted by Crippen LogP contribution is 2.27. The molecule has 1 aromatic carbocycles. The zero-order valence-electron chi connectivity index (χ0n) is 6.88. The summed E-state index contributed by atoms with van der Waals surface area (Å²) in [5, 5.41) is 9.17.